The van der Waals surface area contributed by atoms with E-state index in [1.54, 1.807) is 36.4 Å². The molecule has 1 aliphatic heterocycles. The van der Waals surface area contributed by atoms with Crippen molar-refractivity contribution in [1.29, 1.82) is 0 Å². The van der Waals surface area contributed by atoms with Gasteiger partial charge in [0, 0.05) is 18.2 Å². The molecule has 0 radical (unpaired) electrons. The lowest BCUT2D eigenvalue weighted by Gasteiger charge is -2.34. The van der Waals surface area contributed by atoms with Gasteiger partial charge in [-0.3, -0.25) is 10.1 Å². The molecule has 0 aliphatic carbocycles. The number of rotatable bonds is 0. The van der Waals surface area contributed by atoms with Gasteiger partial charge in [-0.25, -0.2) is 0 Å². The topological polar surface area (TPSA) is 75.2 Å². The van der Waals surface area contributed by atoms with Gasteiger partial charge in [0.15, 0.2) is 17.1 Å². The lowest BCUT2D eigenvalue weighted by atomic mass is 10.1. The highest BCUT2D eigenvalue weighted by Crippen LogP contribution is 2.32. The van der Waals surface area contributed by atoms with E-state index in [4.69, 9.17) is 0 Å². The molecule has 2 atom stereocenters. The summed E-state index contributed by atoms with van der Waals surface area (Å²) < 4.78 is 0. The number of hydrogen-bond donors (Lipinski definition) is 3. The van der Waals surface area contributed by atoms with Crippen LogP contribution in [0.2, 0.25) is 0 Å². The Labute approximate surface area is 97.3 Å². The zero-order chi connectivity index (χ0) is 12.0. The van der Waals surface area contributed by atoms with Gasteiger partial charge in [0.05, 0.1) is 0 Å². The van der Waals surface area contributed by atoms with Crippen molar-refractivity contribution in [3.8, 4) is 5.75 Å². The van der Waals surface area contributed by atoms with Crippen molar-refractivity contribution >= 4 is 22.7 Å². The summed E-state index contributed by atoms with van der Waals surface area (Å²) in [5.74, 6) is -0.143. The van der Waals surface area contributed by atoms with Crippen molar-refractivity contribution in [2.45, 2.75) is 0 Å². The molecule has 5 heteroatoms. The quantitative estimate of drug-likeness (QED) is 0.453. The van der Waals surface area contributed by atoms with Crippen molar-refractivity contribution in [3.05, 3.63) is 52.9 Å². The van der Waals surface area contributed by atoms with Crippen molar-refractivity contribution < 1.29 is 15.2 Å². The molecule has 0 saturated carbocycles. The maximum Gasteiger partial charge on any atom is 0.240 e. The van der Waals surface area contributed by atoms with Crippen LogP contribution in [-0.2, 0) is 0 Å². The van der Waals surface area contributed by atoms with E-state index in [-0.39, 0.29) is 27.3 Å². The molecule has 2 aromatic rings. The second kappa shape index (κ2) is 3.54. The number of quaternary nitrogens is 2. The van der Waals surface area contributed by atoms with Crippen LogP contribution in [-0.4, -0.2) is 5.11 Å². The zero-order valence-electron chi connectivity index (χ0n) is 8.81. The van der Waals surface area contributed by atoms with Crippen LogP contribution in [0.4, 0.5) is 22.7 Å². The van der Waals surface area contributed by atoms with Gasteiger partial charge in [-0.05, 0) is 6.07 Å². The third kappa shape index (κ3) is 1.35. The molecule has 2 unspecified atom stereocenters. The fraction of sp³-hybridized carbons (Fsp3) is 0. The second-order valence-corrected chi connectivity index (χ2v) is 3.90. The molecular weight excluding hydrogens is 220 g/mol. The number of hydrogen-bond acceptors (Lipinski definition) is 3. The average Bonchev–Trinajstić information content (AvgIpc) is 2.36. The fourth-order valence-electron chi connectivity index (χ4n) is 2.13. The van der Waals surface area contributed by atoms with Gasteiger partial charge in [-0.2, -0.15) is 0 Å². The summed E-state index contributed by atoms with van der Waals surface area (Å²) in [5.41, 5.74) is 1.13. The zero-order valence-corrected chi connectivity index (χ0v) is 8.81. The highest BCUT2D eigenvalue weighted by Gasteiger charge is 2.32. The minimum Gasteiger partial charge on any atom is -0.623 e. The van der Waals surface area contributed by atoms with E-state index >= 15 is 0 Å². The van der Waals surface area contributed by atoms with E-state index in [0.717, 1.165) is 0 Å². The lowest BCUT2D eigenvalue weighted by molar-refractivity contribution is -0.762. The minimum absolute atomic E-state index is 0.108. The number of phenolic OH excluding ortho intramolecular Hbond substituents is 1. The average molecular weight is 230 g/mol. The number of aromatic hydroxyl groups is 1. The Bertz CT molecular complexity index is 586. The van der Waals surface area contributed by atoms with Crippen molar-refractivity contribution in [3.63, 3.8) is 0 Å². The van der Waals surface area contributed by atoms with Gasteiger partial charge < -0.3 is 15.5 Å². The van der Waals surface area contributed by atoms with Crippen LogP contribution >= 0.6 is 0 Å². The third-order valence-corrected chi connectivity index (χ3v) is 2.93. The molecule has 1 heterocycles. The first kappa shape index (κ1) is 10.2. The predicted octanol–water partition coefficient (Wildman–Crippen LogP) is 0.397. The maximum atomic E-state index is 12.2. The Morgan fingerprint density at radius 1 is 0.765 bits per heavy atom. The summed E-state index contributed by atoms with van der Waals surface area (Å²) in [6.07, 6.45) is 0. The van der Waals surface area contributed by atoms with E-state index < -0.39 is 0 Å². The summed E-state index contributed by atoms with van der Waals surface area (Å²) in [6, 6.07) is 11.2. The number of fused-ring (bicyclic) bond motifs is 2. The molecule has 86 valence electrons. The van der Waals surface area contributed by atoms with Gasteiger partial charge in [0.1, 0.15) is 0 Å². The molecule has 2 aromatic carbocycles. The van der Waals surface area contributed by atoms with Crippen LogP contribution in [0.1, 0.15) is 0 Å². The molecule has 0 fully saturated rings. The fourth-order valence-corrected chi connectivity index (χ4v) is 2.13. The molecule has 0 bridgehead atoms. The van der Waals surface area contributed by atoms with Gasteiger partial charge in [0.2, 0.25) is 11.4 Å². The molecule has 17 heavy (non-hydrogen) atoms. The Hall–Kier alpha value is -1.92. The lowest BCUT2D eigenvalue weighted by Crippen LogP contribution is -3.07. The van der Waals surface area contributed by atoms with Crippen LogP contribution in [0, 0.1) is 10.4 Å². The number of nitrogens with one attached hydrogen (secondary N) is 2. The molecular formula is C12H10N2O3. The standard InChI is InChI=1S/C12H10N2O3/c15-11-7-3-6-10-12(11)14(17)9-5-2-1-4-8(9)13(10)16/h1-7,13-15H. The Morgan fingerprint density at radius 2 is 1.35 bits per heavy atom. The summed E-state index contributed by atoms with van der Waals surface area (Å²) in [7, 11) is 0. The molecule has 0 amide bonds. The monoisotopic (exact) mass is 230 g/mol. The van der Waals surface area contributed by atoms with E-state index in [0.29, 0.717) is 11.4 Å². The van der Waals surface area contributed by atoms with Gasteiger partial charge in [-0.15, -0.1) is 0 Å². The van der Waals surface area contributed by atoms with Crippen molar-refractivity contribution in [1.82, 2.24) is 0 Å². The van der Waals surface area contributed by atoms with Crippen LogP contribution in [0.3, 0.4) is 0 Å². The van der Waals surface area contributed by atoms with Crippen molar-refractivity contribution in [2.75, 3.05) is 0 Å². The smallest absolute Gasteiger partial charge is 0.240 e. The van der Waals surface area contributed by atoms with Gasteiger partial charge in [-0.1, -0.05) is 18.2 Å². The third-order valence-electron chi connectivity index (χ3n) is 2.93. The van der Waals surface area contributed by atoms with Crippen LogP contribution in [0.15, 0.2) is 42.5 Å². The molecule has 5 nitrogen and oxygen atoms in total. The molecule has 3 N–H and O–H groups in total. The number of benzene rings is 2. The molecule has 1 aliphatic rings. The van der Waals surface area contributed by atoms with E-state index in [2.05, 4.69) is 0 Å². The Morgan fingerprint density at radius 3 is 2.06 bits per heavy atom. The first-order valence-electron chi connectivity index (χ1n) is 5.20. The van der Waals surface area contributed by atoms with Crippen LogP contribution in [0.5, 0.6) is 5.75 Å². The number of para-hydroxylation sites is 3. The highest BCUT2D eigenvalue weighted by molar-refractivity contribution is 5.69. The SMILES string of the molecule is [O-][NH+]1c2ccccc2[NH+]([O-])c2c(O)cccc21. The largest absolute Gasteiger partial charge is 0.623 e. The van der Waals surface area contributed by atoms with Crippen molar-refractivity contribution in [2.24, 2.45) is 0 Å². The summed E-state index contributed by atoms with van der Waals surface area (Å²) in [6.45, 7) is 0. The van der Waals surface area contributed by atoms with Crippen LogP contribution < -0.4 is 10.1 Å². The van der Waals surface area contributed by atoms with E-state index in [9.17, 15) is 15.5 Å². The summed E-state index contributed by atoms with van der Waals surface area (Å²) in [5, 5.41) is 33.5. The summed E-state index contributed by atoms with van der Waals surface area (Å²) in [4.78, 5) is 0. The van der Waals surface area contributed by atoms with E-state index in [1.165, 1.54) is 6.07 Å². The van der Waals surface area contributed by atoms with Gasteiger partial charge in [0.25, 0.3) is 0 Å². The Kier molecular flexibility index (Phi) is 2.13. The maximum absolute atomic E-state index is 12.2. The normalized spacial score (nSPS) is 21.8. The predicted molar refractivity (Wildman–Crippen MR) is 61.8 cm³/mol. The highest BCUT2D eigenvalue weighted by atomic mass is 16.5. The first-order chi connectivity index (χ1) is 8.20. The van der Waals surface area contributed by atoms with Gasteiger partial charge >= 0.3 is 0 Å². The minimum atomic E-state index is -0.298. The second-order valence-electron chi connectivity index (χ2n) is 3.90. The molecule has 0 saturated heterocycles. The molecule has 3 rings (SSSR count). The van der Waals surface area contributed by atoms with Crippen LogP contribution in [0.25, 0.3) is 0 Å². The van der Waals surface area contributed by atoms with E-state index in [1.807, 2.05) is 0 Å². The summed E-state index contributed by atoms with van der Waals surface area (Å²) >= 11 is 0. The molecule has 0 aromatic heterocycles. The molecule has 0 spiro atoms. The number of phenols is 1. The first-order valence-corrected chi connectivity index (χ1v) is 5.20. The Balaban J connectivity index is 2.29.